The first-order chi connectivity index (χ1) is 13.8. The number of pyridine rings is 1. The van der Waals surface area contributed by atoms with E-state index in [9.17, 15) is 4.79 Å². The van der Waals surface area contributed by atoms with E-state index in [2.05, 4.69) is 39.3 Å². The van der Waals surface area contributed by atoms with Crippen molar-refractivity contribution < 1.29 is 0 Å². The fourth-order valence-electron chi connectivity index (χ4n) is 3.01. The summed E-state index contributed by atoms with van der Waals surface area (Å²) in [6, 6.07) is 22.0. The number of thiazole rings is 1. The highest BCUT2D eigenvalue weighted by Gasteiger charge is 2.11. The fourth-order valence-corrected chi connectivity index (χ4v) is 3.92. The monoisotopic (exact) mass is 382 g/mol. The van der Waals surface area contributed by atoms with E-state index in [0.717, 1.165) is 16.7 Å². The maximum atomic E-state index is 12.7. The number of rotatable bonds is 3. The molecule has 6 heteroatoms. The number of hydrogen-bond donors (Lipinski definition) is 0. The lowest BCUT2D eigenvalue weighted by molar-refractivity contribution is 0.936. The van der Waals surface area contributed by atoms with Crippen LogP contribution in [0.15, 0.2) is 83.9 Å². The molecule has 0 N–H and O–H groups in total. The molecule has 0 amide bonds. The topological polar surface area (TPSA) is 60.2 Å². The summed E-state index contributed by atoms with van der Waals surface area (Å²) in [6.45, 7) is 0. The predicted octanol–water partition coefficient (Wildman–Crippen LogP) is 3.43. The normalized spacial score (nSPS) is 11.9. The Morgan fingerprint density at radius 1 is 0.821 bits per heavy atom. The first kappa shape index (κ1) is 16.5. The van der Waals surface area contributed by atoms with Crippen molar-refractivity contribution in [1.82, 2.24) is 19.6 Å². The summed E-state index contributed by atoms with van der Waals surface area (Å²) in [5, 5.41) is 4.35. The smallest absolute Gasteiger partial charge is 0.266 e. The van der Waals surface area contributed by atoms with Crippen molar-refractivity contribution in [2.45, 2.75) is 0 Å². The maximum absolute atomic E-state index is 12.7. The summed E-state index contributed by atoms with van der Waals surface area (Å²) in [5.41, 5.74) is 3.97. The van der Waals surface area contributed by atoms with Gasteiger partial charge in [-0.1, -0.05) is 65.9 Å². The van der Waals surface area contributed by atoms with Gasteiger partial charge in [0, 0.05) is 18.0 Å². The van der Waals surface area contributed by atoms with E-state index in [0.29, 0.717) is 15.3 Å². The van der Waals surface area contributed by atoms with E-state index >= 15 is 0 Å². The fraction of sp³-hybridized carbons (Fsp3) is 0. The van der Waals surface area contributed by atoms with Crippen LogP contribution in [0.4, 0.5) is 0 Å². The summed E-state index contributed by atoms with van der Waals surface area (Å²) in [7, 11) is 0. The summed E-state index contributed by atoms with van der Waals surface area (Å²) in [4.78, 5) is 21.8. The molecule has 0 saturated carbocycles. The lowest BCUT2D eigenvalue weighted by Crippen LogP contribution is -2.23. The molecule has 3 heterocycles. The first-order valence-electron chi connectivity index (χ1n) is 8.75. The quantitative estimate of drug-likeness (QED) is 0.480. The van der Waals surface area contributed by atoms with Gasteiger partial charge < -0.3 is 0 Å². The van der Waals surface area contributed by atoms with E-state index in [1.807, 2.05) is 48.5 Å². The molecule has 134 valence electrons. The largest absolute Gasteiger partial charge is 0.291 e. The molecule has 0 aliphatic rings. The van der Waals surface area contributed by atoms with Gasteiger partial charge >= 0.3 is 0 Å². The summed E-state index contributed by atoms with van der Waals surface area (Å²) in [5.74, 6) is 0.532. The van der Waals surface area contributed by atoms with Crippen LogP contribution in [0.5, 0.6) is 0 Å². The van der Waals surface area contributed by atoms with E-state index < -0.39 is 0 Å². The van der Waals surface area contributed by atoms with Crippen LogP contribution in [-0.4, -0.2) is 19.6 Å². The van der Waals surface area contributed by atoms with Gasteiger partial charge in [0.2, 0.25) is 4.96 Å². The molecule has 28 heavy (non-hydrogen) atoms. The number of fused-ring (bicyclic) bond motifs is 1. The number of nitrogens with zero attached hydrogens (tertiary/aromatic N) is 4. The van der Waals surface area contributed by atoms with Crippen molar-refractivity contribution in [3.8, 4) is 22.5 Å². The van der Waals surface area contributed by atoms with Gasteiger partial charge in [0.1, 0.15) is 0 Å². The Hall–Kier alpha value is -3.64. The molecular weight excluding hydrogens is 368 g/mol. The minimum absolute atomic E-state index is 0.153. The van der Waals surface area contributed by atoms with Crippen LogP contribution >= 0.6 is 11.3 Å². The summed E-state index contributed by atoms with van der Waals surface area (Å²) >= 11 is 1.34. The highest BCUT2D eigenvalue weighted by Crippen LogP contribution is 2.19. The molecule has 0 unspecified atom stereocenters. The molecule has 0 spiro atoms. The van der Waals surface area contributed by atoms with Gasteiger partial charge in [-0.3, -0.25) is 9.78 Å². The van der Waals surface area contributed by atoms with Crippen LogP contribution in [-0.2, 0) is 0 Å². The molecule has 0 saturated heterocycles. The third-order valence-corrected chi connectivity index (χ3v) is 5.40. The Morgan fingerprint density at radius 2 is 1.54 bits per heavy atom. The van der Waals surface area contributed by atoms with E-state index in [-0.39, 0.29) is 5.56 Å². The maximum Gasteiger partial charge on any atom is 0.291 e. The van der Waals surface area contributed by atoms with Crippen LogP contribution in [0.1, 0.15) is 5.56 Å². The van der Waals surface area contributed by atoms with Gasteiger partial charge in [-0.05, 0) is 34.9 Å². The highest BCUT2D eigenvalue weighted by atomic mass is 32.1. The Kier molecular flexibility index (Phi) is 4.03. The van der Waals surface area contributed by atoms with E-state index in [4.69, 9.17) is 0 Å². The van der Waals surface area contributed by atoms with E-state index in [1.165, 1.54) is 21.4 Å². The molecule has 5 rings (SSSR count). The minimum atomic E-state index is -0.153. The van der Waals surface area contributed by atoms with Crippen molar-refractivity contribution >= 4 is 22.4 Å². The van der Waals surface area contributed by atoms with Gasteiger partial charge in [0.05, 0.1) is 4.53 Å². The standard InChI is InChI=1S/C22H14N4OS/c27-21-19(14-15-6-8-17(9-7-15)16-4-2-1-3-5-16)28-22-24-20(25-26(21)22)18-10-12-23-13-11-18/h1-14H/b19-14-. The zero-order valence-corrected chi connectivity index (χ0v) is 15.5. The molecule has 0 aliphatic carbocycles. The first-order valence-corrected chi connectivity index (χ1v) is 9.57. The van der Waals surface area contributed by atoms with Gasteiger partial charge in [-0.15, -0.1) is 5.10 Å². The zero-order chi connectivity index (χ0) is 18.9. The molecule has 5 aromatic rings. The van der Waals surface area contributed by atoms with Crippen molar-refractivity contribution in [2.24, 2.45) is 0 Å². The van der Waals surface area contributed by atoms with Crippen LogP contribution in [0.25, 0.3) is 33.6 Å². The molecule has 0 atom stereocenters. The average molecular weight is 382 g/mol. The molecule has 0 bridgehead atoms. The lowest BCUT2D eigenvalue weighted by atomic mass is 10.0. The summed E-state index contributed by atoms with van der Waals surface area (Å²) < 4.78 is 1.98. The third kappa shape index (κ3) is 3.00. The second kappa shape index (κ2) is 6.83. The Labute approximate surface area is 164 Å². The lowest BCUT2D eigenvalue weighted by Gasteiger charge is -2.01. The molecular formula is C22H14N4OS. The van der Waals surface area contributed by atoms with Gasteiger partial charge in [-0.25, -0.2) is 0 Å². The van der Waals surface area contributed by atoms with Crippen molar-refractivity contribution in [2.75, 3.05) is 0 Å². The van der Waals surface area contributed by atoms with Crippen LogP contribution in [0.3, 0.4) is 0 Å². The summed E-state index contributed by atoms with van der Waals surface area (Å²) in [6.07, 6.45) is 5.24. The SMILES string of the molecule is O=c1/c(=C/c2ccc(-c3ccccc3)cc2)sc2nc(-c3ccncc3)nn12. The molecule has 2 aromatic carbocycles. The third-order valence-electron chi connectivity index (χ3n) is 4.44. The zero-order valence-electron chi connectivity index (χ0n) is 14.7. The molecule has 0 radical (unpaired) electrons. The Balaban J connectivity index is 1.51. The van der Waals surface area contributed by atoms with Crippen LogP contribution < -0.4 is 10.1 Å². The van der Waals surface area contributed by atoms with Crippen molar-refractivity contribution in [3.63, 3.8) is 0 Å². The van der Waals surface area contributed by atoms with Crippen molar-refractivity contribution in [1.29, 1.82) is 0 Å². The van der Waals surface area contributed by atoms with Crippen molar-refractivity contribution in [3.05, 3.63) is 99.6 Å². The molecule has 3 aromatic heterocycles. The second-order valence-corrected chi connectivity index (χ2v) is 7.28. The van der Waals surface area contributed by atoms with Gasteiger partial charge in [-0.2, -0.15) is 9.50 Å². The Bertz CT molecular complexity index is 1360. The highest BCUT2D eigenvalue weighted by molar-refractivity contribution is 7.15. The predicted molar refractivity (Wildman–Crippen MR) is 111 cm³/mol. The van der Waals surface area contributed by atoms with Gasteiger partial charge in [0.15, 0.2) is 5.82 Å². The van der Waals surface area contributed by atoms with Gasteiger partial charge in [0.25, 0.3) is 5.56 Å². The second-order valence-electron chi connectivity index (χ2n) is 6.27. The number of hydrogen-bond acceptors (Lipinski definition) is 5. The van der Waals surface area contributed by atoms with Crippen LogP contribution in [0, 0.1) is 0 Å². The minimum Gasteiger partial charge on any atom is -0.266 e. The van der Waals surface area contributed by atoms with Crippen LogP contribution in [0.2, 0.25) is 0 Å². The number of aromatic nitrogens is 4. The Morgan fingerprint density at radius 3 is 2.25 bits per heavy atom. The molecule has 5 nitrogen and oxygen atoms in total. The molecule has 0 fully saturated rings. The van der Waals surface area contributed by atoms with E-state index in [1.54, 1.807) is 12.4 Å². The average Bonchev–Trinajstić information content (AvgIpc) is 3.30. The number of benzene rings is 2. The molecule has 0 aliphatic heterocycles.